The summed E-state index contributed by atoms with van der Waals surface area (Å²) in [5.74, 6) is -0.915. The van der Waals surface area contributed by atoms with Crippen molar-refractivity contribution < 1.29 is 27.5 Å². The van der Waals surface area contributed by atoms with E-state index in [2.05, 4.69) is 20.9 Å². The fourth-order valence-electron chi connectivity index (χ4n) is 3.14. The van der Waals surface area contributed by atoms with E-state index in [9.17, 15) is 22.8 Å². The normalized spacial score (nSPS) is 17.4. The molecule has 178 valence electrons. The van der Waals surface area contributed by atoms with Crippen LogP contribution in [0.2, 0.25) is 0 Å². The Kier molecular flexibility index (Phi) is 8.56. The van der Waals surface area contributed by atoms with Crippen LogP contribution in [0.5, 0.6) is 0 Å². The molecule has 0 radical (unpaired) electrons. The van der Waals surface area contributed by atoms with Crippen LogP contribution in [-0.4, -0.2) is 75.2 Å². The van der Waals surface area contributed by atoms with Crippen molar-refractivity contribution in [1.82, 2.24) is 20.9 Å². The van der Waals surface area contributed by atoms with E-state index >= 15 is 0 Å². The number of sulfone groups is 1. The van der Waals surface area contributed by atoms with Crippen LogP contribution in [0.1, 0.15) is 26.3 Å². The predicted octanol–water partition coefficient (Wildman–Crippen LogP) is -0.184. The van der Waals surface area contributed by atoms with Crippen molar-refractivity contribution in [3.8, 4) is 0 Å². The van der Waals surface area contributed by atoms with E-state index in [1.165, 1.54) is 11.1 Å². The predicted molar refractivity (Wildman–Crippen MR) is 119 cm³/mol. The molecule has 12 heteroatoms. The first-order valence-corrected chi connectivity index (χ1v) is 12.4. The maximum Gasteiger partial charge on any atom is 0.409 e. The van der Waals surface area contributed by atoms with Crippen LogP contribution >= 0.6 is 0 Å². The third-order valence-electron chi connectivity index (χ3n) is 5.06. The van der Waals surface area contributed by atoms with Gasteiger partial charge in [-0.3, -0.25) is 14.5 Å². The average Bonchev–Trinajstić information content (AvgIpc) is 3.07. The molecule has 0 aromatic carbocycles. The Morgan fingerprint density at radius 1 is 1.28 bits per heavy atom. The minimum Gasteiger partial charge on any atom is -0.425 e. The van der Waals surface area contributed by atoms with Gasteiger partial charge in [0.1, 0.15) is 21.7 Å². The highest BCUT2D eigenvalue weighted by atomic mass is 32.2. The second-order valence-corrected chi connectivity index (χ2v) is 10.3. The molecule has 0 saturated heterocycles. The maximum absolute atomic E-state index is 13.5. The van der Waals surface area contributed by atoms with E-state index in [-0.39, 0.29) is 30.5 Å². The number of aromatic nitrogens is 1. The number of amides is 3. The fourth-order valence-corrected chi connectivity index (χ4v) is 3.61. The highest BCUT2D eigenvalue weighted by Gasteiger charge is 2.41. The quantitative estimate of drug-likeness (QED) is 0.451. The molecule has 1 aromatic rings. The number of nitrogens with zero attached hydrogens (tertiary/aromatic N) is 2. The molecular weight excluding hydrogens is 438 g/mol. The van der Waals surface area contributed by atoms with Crippen molar-refractivity contribution in [3.63, 3.8) is 0 Å². The summed E-state index contributed by atoms with van der Waals surface area (Å²) in [5, 5.41) is 7.97. The molecule has 0 saturated carbocycles. The number of alkyl carbamates (subject to hydrolysis) is 1. The first-order valence-electron chi connectivity index (χ1n) is 10.3. The van der Waals surface area contributed by atoms with Gasteiger partial charge in [0.05, 0.1) is 11.8 Å². The SMILES string of the molecule is CN[C@@H](C)C(=O)N[C@H](C(=O)N1c2ncccc2C[C@@H]1OC(=O)NCCS(C)(=O)=O)C(C)C. The topological polar surface area (TPSA) is 147 Å². The Balaban J connectivity index is 2.22. The van der Waals surface area contributed by atoms with E-state index in [1.54, 1.807) is 40.0 Å². The molecule has 3 amide bonds. The molecule has 3 atom stereocenters. The van der Waals surface area contributed by atoms with E-state index in [4.69, 9.17) is 4.74 Å². The van der Waals surface area contributed by atoms with Gasteiger partial charge in [0.2, 0.25) is 5.91 Å². The lowest BCUT2D eigenvalue weighted by Gasteiger charge is -2.31. The third-order valence-corrected chi connectivity index (χ3v) is 6.00. The van der Waals surface area contributed by atoms with Gasteiger partial charge in [-0.1, -0.05) is 19.9 Å². The zero-order valence-corrected chi connectivity index (χ0v) is 19.7. The van der Waals surface area contributed by atoms with Crippen molar-refractivity contribution in [3.05, 3.63) is 23.9 Å². The fraction of sp³-hybridized carbons (Fsp3) is 0.600. The number of nitrogens with one attached hydrogen (secondary N) is 3. The summed E-state index contributed by atoms with van der Waals surface area (Å²) in [6.45, 7) is 5.17. The molecule has 1 aliphatic rings. The van der Waals surface area contributed by atoms with E-state index in [1.807, 2.05) is 0 Å². The first-order chi connectivity index (χ1) is 14.9. The number of anilines is 1. The van der Waals surface area contributed by atoms with Crippen LogP contribution in [0.3, 0.4) is 0 Å². The highest BCUT2D eigenvalue weighted by molar-refractivity contribution is 7.90. The lowest BCUT2D eigenvalue weighted by atomic mass is 10.0. The van der Waals surface area contributed by atoms with Crippen LogP contribution in [0.25, 0.3) is 0 Å². The molecule has 1 aromatic heterocycles. The van der Waals surface area contributed by atoms with Crippen LogP contribution in [0, 0.1) is 5.92 Å². The summed E-state index contributed by atoms with van der Waals surface area (Å²) >= 11 is 0. The zero-order valence-electron chi connectivity index (χ0n) is 18.9. The summed E-state index contributed by atoms with van der Waals surface area (Å²) in [6, 6.07) is 2.12. The summed E-state index contributed by atoms with van der Waals surface area (Å²) in [7, 11) is -1.60. The number of pyridine rings is 1. The molecular formula is C20H31N5O6S. The Bertz CT molecular complexity index is 952. The summed E-state index contributed by atoms with van der Waals surface area (Å²) < 4.78 is 27.9. The molecule has 11 nitrogen and oxygen atoms in total. The van der Waals surface area contributed by atoms with Gasteiger partial charge >= 0.3 is 6.09 Å². The Labute approximate surface area is 188 Å². The Morgan fingerprint density at radius 2 is 1.97 bits per heavy atom. The monoisotopic (exact) mass is 469 g/mol. The van der Waals surface area contributed by atoms with Crippen molar-refractivity contribution in [2.24, 2.45) is 5.92 Å². The molecule has 32 heavy (non-hydrogen) atoms. The second kappa shape index (κ2) is 10.7. The molecule has 1 aliphatic heterocycles. The molecule has 0 fully saturated rings. The standard InChI is InChI=1S/C20H31N5O6S/c1-12(2)16(24-18(26)13(3)21-4)19(27)25-15(11-14-7-6-8-22-17(14)25)31-20(28)23-9-10-32(5,29)30/h6-8,12-13,15-16,21H,9-11H2,1-5H3,(H,23,28)(H,24,26)/t13-,15-,16-/m0/s1. The molecule has 2 rings (SSSR count). The third kappa shape index (κ3) is 6.63. The number of fused-ring (bicyclic) bond motifs is 1. The number of hydrogen-bond donors (Lipinski definition) is 3. The minimum absolute atomic E-state index is 0.115. The van der Waals surface area contributed by atoms with Crippen LogP contribution < -0.4 is 20.9 Å². The zero-order chi connectivity index (χ0) is 24.1. The summed E-state index contributed by atoms with van der Waals surface area (Å²) in [6.07, 6.45) is 0.984. The molecule has 0 unspecified atom stereocenters. The van der Waals surface area contributed by atoms with Gasteiger partial charge in [-0.15, -0.1) is 0 Å². The Morgan fingerprint density at radius 3 is 2.56 bits per heavy atom. The molecule has 0 aliphatic carbocycles. The van der Waals surface area contributed by atoms with E-state index < -0.39 is 40.1 Å². The van der Waals surface area contributed by atoms with E-state index in [0.29, 0.717) is 11.4 Å². The molecule has 0 bridgehead atoms. The second-order valence-electron chi connectivity index (χ2n) is 8.06. The number of rotatable bonds is 9. The number of carbonyl (C=O) groups excluding carboxylic acids is 3. The summed E-state index contributed by atoms with van der Waals surface area (Å²) in [4.78, 5) is 43.7. The van der Waals surface area contributed by atoms with Gasteiger partial charge in [0.15, 0.2) is 6.23 Å². The minimum atomic E-state index is -3.25. The van der Waals surface area contributed by atoms with Gasteiger partial charge in [0, 0.05) is 31.0 Å². The number of likely N-dealkylation sites (N-methyl/N-ethyl adjacent to an activating group) is 1. The van der Waals surface area contributed by atoms with Crippen molar-refractivity contribution >= 4 is 33.6 Å². The number of carbonyl (C=O) groups is 3. The van der Waals surface area contributed by atoms with Crippen LogP contribution in [0.4, 0.5) is 10.6 Å². The van der Waals surface area contributed by atoms with Crippen molar-refractivity contribution in [2.75, 3.05) is 30.5 Å². The lowest BCUT2D eigenvalue weighted by molar-refractivity contribution is -0.130. The lowest BCUT2D eigenvalue weighted by Crippen LogP contribution is -2.57. The summed E-state index contributed by atoms with van der Waals surface area (Å²) in [5.41, 5.74) is 0.715. The van der Waals surface area contributed by atoms with Gasteiger partial charge in [-0.05, 0) is 26.0 Å². The average molecular weight is 470 g/mol. The van der Waals surface area contributed by atoms with Crippen molar-refractivity contribution in [1.29, 1.82) is 0 Å². The number of ether oxygens (including phenoxy) is 1. The van der Waals surface area contributed by atoms with Gasteiger partial charge in [-0.2, -0.15) is 0 Å². The van der Waals surface area contributed by atoms with Gasteiger partial charge in [0.25, 0.3) is 5.91 Å². The first kappa shape index (κ1) is 25.5. The highest BCUT2D eigenvalue weighted by Crippen LogP contribution is 2.31. The number of hydrogen-bond acceptors (Lipinski definition) is 8. The van der Waals surface area contributed by atoms with Crippen LogP contribution in [0.15, 0.2) is 18.3 Å². The largest absolute Gasteiger partial charge is 0.425 e. The van der Waals surface area contributed by atoms with Crippen molar-refractivity contribution in [2.45, 2.75) is 45.5 Å². The molecule has 3 N–H and O–H groups in total. The Hall–Kier alpha value is -2.73. The van der Waals surface area contributed by atoms with Crippen LogP contribution in [-0.2, 0) is 30.6 Å². The van der Waals surface area contributed by atoms with Gasteiger partial charge in [-0.25, -0.2) is 18.2 Å². The maximum atomic E-state index is 13.5. The smallest absolute Gasteiger partial charge is 0.409 e. The molecule has 2 heterocycles. The van der Waals surface area contributed by atoms with E-state index in [0.717, 1.165) is 6.26 Å². The van der Waals surface area contributed by atoms with Gasteiger partial charge < -0.3 is 20.7 Å². The molecule has 0 spiro atoms.